The van der Waals surface area contributed by atoms with E-state index < -0.39 is 11.7 Å². The lowest BCUT2D eigenvalue weighted by Crippen LogP contribution is -2.12. The SMILES string of the molecule is COc1ccc(F)cc1-c1cncc(C(=O)Nc2ccc(F)cc2)c1. The number of hydrogen-bond acceptors (Lipinski definition) is 3. The fourth-order valence-corrected chi connectivity index (χ4v) is 2.35. The second kappa shape index (κ2) is 7.09. The monoisotopic (exact) mass is 340 g/mol. The fraction of sp³-hybridized carbons (Fsp3) is 0.0526. The molecule has 6 heteroatoms. The van der Waals surface area contributed by atoms with Gasteiger partial charge in [0.2, 0.25) is 0 Å². The molecule has 126 valence electrons. The van der Waals surface area contributed by atoms with E-state index in [2.05, 4.69) is 10.3 Å². The van der Waals surface area contributed by atoms with Gasteiger partial charge in [0.05, 0.1) is 12.7 Å². The minimum absolute atomic E-state index is 0.285. The molecule has 0 aliphatic carbocycles. The van der Waals surface area contributed by atoms with Crippen LogP contribution in [0, 0.1) is 11.6 Å². The van der Waals surface area contributed by atoms with E-state index in [0.717, 1.165) is 0 Å². The molecular weight excluding hydrogens is 326 g/mol. The zero-order valence-electron chi connectivity index (χ0n) is 13.3. The van der Waals surface area contributed by atoms with E-state index in [0.29, 0.717) is 22.6 Å². The molecule has 1 amide bonds. The molecule has 0 fully saturated rings. The Balaban J connectivity index is 1.90. The van der Waals surface area contributed by atoms with Gasteiger partial charge in [0.15, 0.2) is 0 Å². The highest BCUT2D eigenvalue weighted by Crippen LogP contribution is 2.30. The molecule has 0 atom stereocenters. The van der Waals surface area contributed by atoms with E-state index in [4.69, 9.17) is 4.74 Å². The van der Waals surface area contributed by atoms with E-state index in [1.54, 1.807) is 6.07 Å². The van der Waals surface area contributed by atoms with Gasteiger partial charge in [-0.1, -0.05) is 0 Å². The van der Waals surface area contributed by atoms with E-state index in [9.17, 15) is 13.6 Å². The fourth-order valence-electron chi connectivity index (χ4n) is 2.35. The largest absolute Gasteiger partial charge is 0.496 e. The molecule has 25 heavy (non-hydrogen) atoms. The molecule has 0 saturated carbocycles. The zero-order chi connectivity index (χ0) is 17.8. The van der Waals surface area contributed by atoms with Gasteiger partial charge in [0.1, 0.15) is 17.4 Å². The molecule has 0 radical (unpaired) electrons. The van der Waals surface area contributed by atoms with Crippen molar-refractivity contribution in [1.29, 1.82) is 0 Å². The molecule has 1 heterocycles. The summed E-state index contributed by atoms with van der Waals surface area (Å²) in [7, 11) is 1.48. The van der Waals surface area contributed by atoms with E-state index in [1.165, 1.54) is 62.0 Å². The van der Waals surface area contributed by atoms with Crippen LogP contribution in [-0.4, -0.2) is 18.0 Å². The summed E-state index contributed by atoms with van der Waals surface area (Å²) in [5, 5.41) is 2.65. The number of aromatic nitrogens is 1. The quantitative estimate of drug-likeness (QED) is 0.771. The van der Waals surface area contributed by atoms with Gasteiger partial charge in [-0.05, 0) is 48.5 Å². The molecule has 0 aliphatic rings. The number of carbonyl (C=O) groups is 1. The van der Waals surface area contributed by atoms with Crippen LogP contribution in [0.5, 0.6) is 5.75 Å². The van der Waals surface area contributed by atoms with Gasteiger partial charge in [0.25, 0.3) is 5.91 Å². The summed E-state index contributed by atoms with van der Waals surface area (Å²) < 4.78 is 31.7. The first-order valence-electron chi connectivity index (χ1n) is 7.42. The number of ether oxygens (including phenoxy) is 1. The topological polar surface area (TPSA) is 51.2 Å². The second-order valence-corrected chi connectivity index (χ2v) is 5.27. The van der Waals surface area contributed by atoms with Crippen molar-refractivity contribution in [3.05, 3.63) is 78.1 Å². The lowest BCUT2D eigenvalue weighted by Gasteiger charge is -2.10. The number of nitrogens with one attached hydrogen (secondary N) is 1. The highest BCUT2D eigenvalue weighted by Gasteiger charge is 2.12. The Morgan fingerprint density at radius 2 is 1.72 bits per heavy atom. The normalized spacial score (nSPS) is 10.4. The molecule has 0 bridgehead atoms. The van der Waals surface area contributed by atoms with Crippen molar-refractivity contribution in [2.24, 2.45) is 0 Å². The molecule has 3 rings (SSSR count). The van der Waals surface area contributed by atoms with Crippen LogP contribution in [0.3, 0.4) is 0 Å². The number of methoxy groups -OCH3 is 1. The van der Waals surface area contributed by atoms with Crippen LogP contribution in [0.4, 0.5) is 14.5 Å². The van der Waals surface area contributed by atoms with E-state index in [1.807, 2.05) is 0 Å². The first kappa shape index (κ1) is 16.6. The molecule has 0 unspecified atom stereocenters. The van der Waals surface area contributed by atoms with Crippen LogP contribution in [0.25, 0.3) is 11.1 Å². The maximum Gasteiger partial charge on any atom is 0.257 e. The van der Waals surface area contributed by atoms with Gasteiger partial charge in [-0.2, -0.15) is 0 Å². The summed E-state index contributed by atoms with van der Waals surface area (Å²) in [6.07, 6.45) is 2.92. The van der Waals surface area contributed by atoms with Crippen LogP contribution in [-0.2, 0) is 0 Å². The van der Waals surface area contributed by atoms with E-state index >= 15 is 0 Å². The van der Waals surface area contributed by atoms with Crippen molar-refractivity contribution in [3.8, 4) is 16.9 Å². The summed E-state index contributed by atoms with van der Waals surface area (Å²) in [6.45, 7) is 0. The number of pyridine rings is 1. The number of benzene rings is 2. The molecule has 0 spiro atoms. The highest BCUT2D eigenvalue weighted by molar-refractivity contribution is 6.04. The van der Waals surface area contributed by atoms with Crippen molar-refractivity contribution in [1.82, 2.24) is 4.98 Å². The molecule has 0 aliphatic heterocycles. The molecule has 2 aromatic carbocycles. The van der Waals surface area contributed by atoms with Crippen LogP contribution >= 0.6 is 0 Å². The smallest absolute Gasteiger partial charge is 0.257 e. The Morgan fingerprint density at radius 3 is 2.44 bits per heavy atom. The van der Waals surface area contributed by atoms with Crippen molar-refractivity contribution >= 4 is 11.6 Å². The third-order valence-electron chi connectivity index (χ3n) is 3.58. The first-order valence-corrected chi connectivity index (χ1v) is 7.42. The Bertz CT molecular complexity index is 912. The summed E-state index contributed by atoms with van der Waals surface area (Å²) >= 11 is 0. The number of rotatable bonds is 4. The van der Waals surface area contributed by atoms with Crippen molar-refractivity contribution in [2.45, 2.75) is 0 Å². The van der Waals surface area contributed by atoms with Crippen LogP contribution < -0.4 is 10.1 Å². The minimum atomic E-state index is -0.419. The summed E-state index contributed by atoms with van der Waals surface area (Å²) in [5.41, 5.74) is 1.78. The van der Waals surface area contributed by atoms with Crippen molar-refractivity contribution < 1.29 is 18.3 Å². The number of carbonyl (C=O) groups excluding carboxylic acids is 1. The maximum absolute atomic E-state index is 13.6. The Kier molecular flexibility index (Phi) is 4.70. The number of amides is 1. The van der Waals surface area contributed by atoms with Crippen molar-refractivity contribution in [3.63, 3.8) is 0 Å². The first-order chi connectivity index (χ1) is 12.1. The molecule has 4 nitrogen and oxygen atoms in total. The van der Waals surface area contributed by atoms with Crippen LogP contribution in [0.1, 0.15) is 10.4 Å². The van der Waals surface area contributed by atoms with E-state index in [-0.39, 0.29) is 11.4 Å². The number of nitrogens with zero attached hydrogens (tertiary/aromatic N) is 1. The van der Waals surface area contributed by atoms with Gasteiger partial charge in [-0.3, -0.25) is 9.78 Å². The standard InChI is InChI=1S/C19H14F2N2O2/c1-25-18-7-4-15(21)9-17(18)12-8-13(11-22-10-12)19(24)23-16-5-2-14(20)3-6-16/h2-11H,1H3,(H,23,24). The molecule has 3 aromatic rings. The highest BCUT2D eigenvalue weighted by atomic mass is 19.1. The molecule has 1 N–H and O–H groups in total. The molecule has 0 saturated heterocycles. The second-order valence-electron chi connectivity index (χ2n) is 5.27. The number of halogens is 2. The molecular formula is C19H14F2N2O2. The van der Waals surface area contributed by atoms with Crippen molar-refractivity contribution in [2.75, 3.05) is 12.4 Å². The third kappa shape index (κ3) is 3.80. The molecule has 1 aromatic heterocycles. The van der Waals surface area contributed by atoms with Gasteiger partial charge < -0.3 is 10.1 Å². The maximum atomic E-state index is 13.6. The Hall–Kier alpha value is -3.28. The Morgan fingerprint density at radius 1 is 1.00 bits per heavy atom. The zero-order valence-corrected chi connectivity index (χ0v) is 13.3. The summed E-state index contributed by atoms with van der Waals surface area (Å²) in [4.78, 5) is 16.4. The minimum Gasteiger partial charge on any atom is -0.496 e. The van der Waals surface area contributed by atoms with Gasteiger partial charge in [0, 0.05) is 29.2 Å². The van der Waals surface area contributed by atoms with Gasteiger partial charge in [-0.15, -0.1) is 0 Å². The van der Waals surface area contributed by atoms with Crippen LogP contribution in [0.15, 0.2) is 60.9 Å². The third-order valence-corrected chi connectivity index (χ3v) is 3.58. The lowest BCUT2D eigenvalue weighted by molar-refractivity contribution is 0.102. The number of anilines is 1. The predicted molar refractivity (Wildman–Crippen MR) is 90.5 cm³/mol. The average molecular weight is 340 g/mol. The Labute approximate surface area is 143 Å². The van der Waals surface area contributed by atoms with Gasteiger partial charge in [-0.25, -0.2) is 8.78 Å². The predicted octanol–water partition coefficient (Wildman–Crippen LogP) is 4.29. The average Bonchev–Trinajstić information content (AvgIpc) is 2.63. The van der Waals surface area contributed by atoms with Crippen LogP contribution in [0.2, 0.25) is 0 Å². The number of hydrogen-bond donors (Lipinski definition) is 1. The van der Waals surface area contributed by atoms with Gasteiger partial charge >= 0.3 is 0 Å². The summed E-state index contributed by atoms with van der Waals surface area (Å²) in [5.74, 6) is -0.743. The lowest BCUT2D eigenvalue weighted by atomic mass is 10.0. The summed E-state index contributed by atoms with van der Waals surface area (Å²) in [6, 6.07) is 11.1.